The highest BCUT2D eigenvalue weighted by Gasteiger charge is 2.23. The molecule has 4 nitrogen and oxygen atoms in total. The summed E-state index contributed by atoms with van der Waals surface area (Å²) >= 11 is 1.65. The van der Waals surface area contributed by atoms with E-state index in [-0.39, 0.29) is 11.9 Å². The molecule has 0 spiro atoms. The highest BCUT2D eigenvalue weighted by Crippen LogP contribution is 2.23. The van der Waals surface area contributed by atoms with Gasteiger partial charge in [-0.25, -0.2) is 4.98 Å². The number of nitrogens with two attached hydrogens (primary N) is 1. The van der Waals surface area contributed by atoms with Crippen LogP contribution in [0.2, 0.25) is 0 Å². The topological polar surface area (TPSA) is 59.2 Å². The summed E-state index contributed by atoms with van der Waals surface area (Å²) in [6.07, 6.45) is 5.84. The molecule has 0 radical (unpaired) electrons. The maximum Gasteiger partial charge on any atom is 0.256 e. The normalized spacial score (nSPS) is 18.0. The van der Waals surface area contributed by atoms with Gasteiger partial charge in [0.2, 0.25) is 0 Å². The standard InChI is InChI=1S/C20H25N3OS/c21-17-9-4-5-13-23(15-17)20(24)18-10-6-12-22-19(18)25-14-11-16-7-2-1-3-8-16/h1-3,6-8,10,12,17H,4-5,9,11,13-15,21H2. The molecule has 25 heavy (non-hydrogen) atoms. The molecule has 0 aliphatic carbocycles. The van der Waals surface area contributed by atoms with Crippen LogP contribution in [0.5, 0.6) is 0 Å². The Morgan fingerprint density at radius 2 is 2.04 bits per heavy atom. The predicted molar refractivity (Wildman–Crippen MR) is 103 cm³/mol. The van der Waals surface area contributed by atoms with Crippen LogP contribution in [0.3, 0.4) is 0 Å². The quantitative estimate of drug-likeness (QED) is 0.836. The average Bonchev–Trinajstić information content (AvgIpc) is 2.87. The lowest BCUT2D eigenvalue weighted by Gasteiger charge is -2.23. The zero-order valence-corrected chi connectivity index (χ0v) is 15.3. The number of nitrogens with zero attached hydrogens (tertiary/aromatic N) is 2. The number of aryl methyl sites for hydroxylation is 1. The lowest BCUT2D eigenvalue weighted by atomic mass is 10.1. The maximum atomic E-state index is 13.0. The van der Waals surface area contributed by atoms with Gasteiger partial charge in [0, 0.05) is 31.1 Å². The second-order valence-corrected chi connectivity index (χ2v) is 7.53. The number of pyridine rings is 1. The van der Waals surface area contributed by atoms with Crippen LogP contribution in [0.15, 0.2) is 53.7 Å². The first-order valence-electron chi connectivity index (χ1n) is 8.90. The van der Waals surface area contributed by atoms with Gasteiger partial charge in [-0.15, -0.1) is 11.8 Å². The zero-order valence-electron chi connectivity index (χ0n) is 14.4. The van der Waals surface area contributed by atoms with Gasteiger partial charge in [0.1, 0.15) is 5.03 Å². The van der Waals surface area contributed by atoms with Crippen molar-refractivity contribution < 1.29 is 4.79 Å². The molecule has 1 aromatic carbocycles. The molecule has 1 saturated heterocycles. The lowest BCUT2D eigenvalue weighted by Crippen LogP contribution is -2.40. The highest BCUT2D eigenvalue weighted by molar-refractivity contribution is 7.99. The minimum Gasteiger partial charge on any atom is -0.337 e. The van der Waals surface area contributed by atoms with Crippen LogP contribution in [0.4, 0.5) is 0 Å². The summed E-state index contributed by atoms with van der Waals surface area (Å²) in [6.45, 7) is 1.43. The molecule has 0 bridgehead atoms. The minimum atomic E-state index is 0.0626. The summed E-state index contributed by atoms with van der Waals surface area (Å²) in [5.41, 5.74) is 8.12. The number of benzene rings is 1. The van der Waals surface area contributed by atoms with Crippen molar-refractivity contribution >= 4 is 17.7 Å². The number of amides is 1. The fourth-order valence-electron chi connectivity index (χ4n) is 3.11. The van der Waals surface area contributed by atoms with E-state index in [2.05, 4.69) is 29.2 Å². The highest BCUT2D eigenvalue weighted by atomic mass is 32.2. The third kappa shape index (κ3) is 5.06. The molecule has 1 fully saturated rings. The van der Waals surface area contributed by atoms with Gasteiger partial charge in [-0.1, -0.05) is 36.8 Å². The Balaban J connectivity index is 1.66. The summed E-state index contributed by atoms with van der Waals surface area (Å²) in [6, 6.07) is 14.2. The number of carbonyl (C=O) groups excluding carboxylic acids is 1. The molecule has 1 aliphatic heterocycles. The first-order chi connectivity index (χ1) is 12.2. The van der Waals surface area contributed by atoms with E-state index < -0.39 is 0 Å². The Labute approximate surface area is 153 Å². The van der Waals surface area contributed by atoms with Gasteiger partial charge in [-0.2, -0.15) is 0 Å². The Morgan fingerprint density at radius 1 is 1.20 bits per heavy atom. The van der Waals surface area contributed by atoms with Crippen molar-refractivity contribution in [3.63, 3.8) is 0 Å². The lowest BCUT2D eigenvalue weighted by molar-refractivity contribution is 0.0751. The Bertz CT molecular complexity index is 692. The summed E-state index contributed by atoms with van der Waals surface area (Å²) in [4.78, 5) is 19.3. The third-order valence-corrected chi connectivity index (χ3v) is 5.48. The number of aromatic nitrogens is 1. The smallest absolute Gasteiger partial charge is 0.256 e. The van der Waals surface area contributed by atoms with Crippen molar-refractivity contribution in [1.82, 2.24) is 9.88 Å². The number of hydrogen-bond acceptors (Lipinski definition) is 4. The van der Waals surface area contributed by atoms with Gasteiger partial charge in [0.05, 0.1) is 5.56 Å². The van der Waals surface area contributed by atoms with Gasteiger partial charge in [-0.3, -0.25) is 4.79 Å². The summed E-state index contributed by atoms with van der Waals surface area (Å²) < 4.78 is 0. The van der Waals surface area contributed by atoms with E-state index in [1.165, 1.54) is 5.56 Å². The van der Waals surface area contributed by atoms with Crippen molar-refractivity contribution in [3.8, 4) is 0 Å². The van der Waals surface area contributed by atoms with Crippen molar-refractivity contribution in [2.75, 3.05) is 18.8 Å². The Hall–Kier alpha value is -1.85. The Kier molecular flexibility index (Phi) is 6.48. The van der Waals surface area contributed by atoms with Crippen molar-refractivity contribution in [3.05, 3.63) is 59.8 Å². The Morgan fingerprint density at radius 3 is 2.88 bits per heavy atom. The van der Waals surface area contributed by atoms with Crippen LogP contribution in [-0.4, -0.2) is 40.7 Å². The molecular formula is C20H25N3OS. The average molecular weight is 356 g/mol. The molecule has 2 N–H and O–H groups in total. The molecule has 2 aromatic rings. The first kappa shape index (κ1) is 18.0. The molecule has 1 atom stereocenters. The molecule has 1 unspecified atom stereocenters. The molecule has 5 heteroatoms. The van der Waals surface area contributed by atoms with E-state index in [4.69, 9.17) is 5.73 Å². The van der Waals surface area contributed by atoms with E-state index in [1.807, 2.05) is 23.1 Å². The summed E-state index contributed by atoms with van der Waals surface area (Å²) in [5, 5.41) is 0.821. The molecule has 1 amide bonds. The summed E-state index contributed by atoms with van der Waals surface area (Å²) in [5.74, 6) is 0.966. The molecule has 1 aliphatic rings. The van der Waals surface area contributed by atoms with Crippen molar-refractivity contribution in [2.24, 2.45) is 5.73 Å². The monoisotopic (exact) mass is 355 g/mol. The van der Waals surface area contributed by atoms with Gasteiger partial charge >= 0.3 is 0 Å². The van der Waals surface area contributed by atoms with E-state index in [1.54, 1.807) is 18.0 Å². The van der Waals surface area contributed by atoms with Gasteiger partial charge < -0.3 is 10.6 Å². The van der Waals surface area contributed by atoms with Crippen LogP contribution in [0.1, 0.15) is 35.2 Å². The number of thioether (sulfide) groups is 1. The van der Waals surface area contributed by atoms with Gasteiger partial charge in [0.25, 0.3) is 5.91 Å². The molecule has 3 rings (SSSR count). The number of hydrogen-bond donors (Lipinski definition) is 1. The molecule has 132 valence electrons. The van der Waals surface area contributed by atoms with Crippen LogP contribution in [0.25, 0.3) is 0 Å². The molecule has 0 saturated carbocycles. The van der Waals surface area contributed by atoms with Crippen LogP contribution < -0.4 is 5.73 Å². The number of carbonyl (C=O) groups is 1. The predicted octanol–water partition coefficient (Wildman–Crippen LogP) is 3.37. The van der Waals surface area contributed by atoms with E-state index in [9.17, 15) is 4.79 Å². The van der Waals surface area contributed by atoms with Gasteiger partial charge in [0.15, 0.2) is 0 Å². The second-order valence-electron chi connectivity index (χ2n) is 6.45. The van der Waals surface area contributed by atoms with Gasteiger partial charge in [-0.05, 0) is 37.0 Å². The third-order valence-electron chi connectivity index (χ3n) is 4.47. The second kappa shape index (κ2) is 9.02. The number of likely N-dealkylation sites (tertiary alicyclic amines) is 1. The van der Waals surface area contributed by atoms with Crippen molar-refractivity contribution in [2.45, 2.75) is 36.8 Å². The minimum absolute atomic E-state index is 0.0626. The van der Waals surface area contributed by atoms with Crippen LogP contribution in [-0.2, 0) is 6.42 Å². The zero-order chi connectivity index (χ0) is 17.5. The van der Waals surface area contributed by atoms with Crippen LogP contribution in [0, 0.1) is 0 Å². The molecule has 1 aromatic heterocycles. The van der Waals surface area contributed by atoms with E-state index >= 15 is 0 Å². The van der Waals surface area contributed by atoms with E-state index in [0.717, 1.165) is 43.0 Å². The fraction of sp³-hybridized carbons (Fsp3) is 0.400. The largest absolute Gasteiger partial charge is 0.337 e. The maximum absolute atomic E-state index is 13.0. The number of rotatable bonds is 5. The summed E-state index contributed by atoms with van der Waals surface area (Å²) in [7, 11) is 0. The molecule has 2 heterocycles. The van der Waals surface area contributed by atoms with Crippen LogP contribution >= 0.6 is 11.8 Å². The SMILES string of the molecule is NC1CCCCN(C(=O)c2cccnc2SCCc2ccccc2)C1. The van der Waals surface area contributed by atoms with E-state index in [0.29, 0.717) is 12.1 Å². The molecular weight excluding hydrogens is 330 g/mol. The fourth-order valence-corrected chi connectivity index (χ4v) is 4.09. The van der Waals surface area contributed by atoms with Crippen molar-refractivity contribution in [1.29, 1.82) is 0 Å². The first-order valence-corrected chi connectivity index (χ1v) is 9.89.